The van der Waals surface area contributed by atoms with Crippen LogP contribution < -0.4 is 15.7 Å². The molecule has 5 rings (SSSR count). The lowest BCUT2D eigenvalue weighted by molar-refractivity contribution is -0.142. The van der Waals surface area contributed by atoms with Crippen molar-refractivity contribution in [1.82, 2.24) is 10.3 Å². The summed E-state index contributed by atoms with van der Waals surface area (Å²) in [4.78, 5) is 40.4. The monoisotopic (exact) mass is 504 g/mol. The lowest BCUT2D eigenvalue weighted by atomic mass is 9.90. The highest BCUT2D eigenvalue weighted by atomic mass is 16.5. The van der Waals surface area contributed by atoms with Crippen LogP contribution in [-0.4, -0.2) is 39.2 Å². The number of hydrogen-bond donors (Lipinski definition) is 4. The van der Waals surface area contributed by atoms with E-state index in [2.05, 4.69) is 10.3 Å². The van der Waals surface area contributed by atoms with Crippen molar-refractivity contribution in [3.63, 3.8) is 0 Å². The number of H-pyrrole nitrogens is 1. The number of phenols is 1. The number of nitrogens with one attached hydrogen (secondary N) is 2. The fraction of sp³-hybridized carbons (Fsp3) is 0.321. The molecule has 0 unspecified atom stereocenters. The van der Waals surface area contributed by atoms with Crippen LogP contribution in [0.25, 0.3) is 21.9 Å². The molecule has 0 saturated carbocycles. The normalized spacial score (nSPS) is 14.8. The van der Waals surface area contributed by atoms with Crippen LogP contribution in [0.3, 0.4) is 0 Å². The minimum absolute atomic E-state index is 0.0164. The van der Waals surface area contributed by atoms with Crippen LogP contribution in [0.4, 0.5) is 0 Å². The second kappa shape index (κ2) is 9.65. The van der Waals surface area contributed by atoms with Crippen LogP contribution in [0.1, 0.15) is 42.0 Å². The maximum absolute atomic E-state index is 12.9. The summed E-state index contributed by atoms with van der Waals surface area (Å²) in [7, 11) is 0. The number of carbonyl (C=O) groups excluding carboxylic acids is 1. The molecule has 0 bridgehead atoms. The number of carboxylic acid groups (broad SMARTS) is 1. The first-order valence-corrected chi connectivity index (χ1v) is 12.3. The number of aromatic amines is 1. The van der Waals surface area contributed by atoms with Crippen LogP contribution >= 0.6 is 0 Å². The minimum Gasteiger partial charge on any atom is -0.508 e. The third kappa shape index (κ3) is 4.64. The van der Waals surface area contributed by atoms with Gasteiger partial charge in [-0.2, -0.15) is 0 Å². The number of aromatic nitrogens is 1. The van der Waals surface area contributed by atoms with Crippen LogP contribution in [-0.2, 0) is 28.9 Å². The molecule has 192 valence electrons. The smallest absolute Gasteiger partial charge is 0.339 e. The van der Waals surface area contributed by atoms with Crippen molar-refractivity contribution in [1.29, 1.82) is 0 Å². The number of fused-ring (bicyclic) bond motifs is 4. The highest BCUT2D eigenvalue weighted by Gasteiger charge is 2.26. The molecule has 2 aromatic heterocycles. The van der Waals surface area contributed by atoms with E-state index in [1.54, 1.807) is 31.3 Å². The van der Waals surface area contributed by atoms with Gasteiger partial charge in [-0.1, -0.05) is 0 Å². The molecule has 1 aliphatic carbocycles. The van der Waals surface area contributed by atoms with E-state index in [1.807, 2.05) is 6.07 Å². The maximum Gasteiger partial charge on any atom is 0.339 e. The van der Waals surface area contributed by atoms with Gasteiger partial charge in [0, 0.05) is 40.0 Å². The molecule has 0 saturated heterocycles. The van der Waals surface area contributed by atoms with Crippen molar-refractivity contribution in [3.05, 3.63) is 69.2 Å². The predicted molar refractivity (Wildman–Crippen MR) is 137 cm³/mol. The van der Waals surface area contributed by atoms with Gasteiger partial charge in [0.1, 0.15) is 23.1 Å². The molecule has 0 fully saturated rings. The molecular weight excluding hydrogens is 476 g/mol. The molecule has 9 heteroatoms. The zero-order valence-corrected chi connectivity index (χ0v) is 20.6. The number of hydrogen-bond acceptors (Lipinski definition) is 6. The molecule has 4 N–H and O–H groups in total. The Balaban J connectivity index is 1.34. The van der Waals surface area contributed by atoms with Gasteiger partial charge in [-0.25, -0.2) is 9.59 Å². The Bertz CT molecular complexity index is 1580. The maximum atomic E-state index is 12.9. The first kappa shape index (κ1) is 24.4. The molecule has 4 aromatic rings. The number of carbonyl (C=O) groups is 2. The lowest BCUT2D eigenvalue weighted by Crippen LogP contribution is -2.47. The first-order chi connectivity index (χ1) is 17.7. The summed E-state index contributed by atoms with van der Waals surface area (Å²) in [5.41, 5.74) is 3.88. The van der Waals surface area contributed by atoms with Gasteiger partial charge >= 0.3 is 11.6 Å². The van der Waals surface area contributed by atoms with Gasteiger partial charge in [0.25, 0.3) is 5.91 Å². The Morgan fingerprint density at radius 2 is 1.89 bits per heavy atom. The van der Waals surface area contributed by atoms with Crippen molar-refractivity contribution in [3.8, 4) is 11.5 Å². The first-order valence-electron chi connectivity index (χ1n) is 12.3. The standard InChI is InChI=1S/C28H28N2O7/c1-14-24(10-8-19-18-5-3-4-6-20(18)28(35)37-25(14)19)36-15(2)26(32)30-23(27(33)34)11-16-13-29-22-9-7-17(31)12-21(16)22/h7-10,12-13,15,23,29,31H,3-6,11H2,1-2H3,(H,30,32)(H,33,34)/t15-,23+/m0/s1. The van der Waals surface area contributed by atoms with Crippen molar-refractivity contribution in [2.75, 3.05) is 0 Å². The Kier molecular flexibility index (Phi) is 6.37. The van der Waals surface area contributed by atoms with Gasteiger partial charge in [-0.05, 0) is 81.0 Å². The molecule has 0 aliphatic heterocycles. The van der Waals surface area contributed by atoms with Gasteiger partial charge < -0.3 is 29.7 Å². The molecule has 1 amide bonds. The Morgan fingerprint density at radius 1 is 1.14 bits per heavy atom. The van der Waals surface area contributed by atoms with E-state index in [1.165, 1.54) is 13.0 Å². The van der Waals surface area contributed by atoms with Gasteiger partial charge in [0.05, 0.1) is 0 Å². The van der Waals surface area contributed by atoms with Crippen LogP contribution in [0, 0.1) is 6.92 Å². The quantitative estimate of drug-likeness (QED) is 0.281. The molecule has 9 nitrogen and oxygen atoms in total. The Morgan fingerprint density at radius 3 is 2.65 bits per heavy atom. The van der Waals surface area contributed by atoms with E-state index in [0.29, 0.717) is 34.3 Å². The van der Waals surface area contributed by atoms with E-state index in [4.69, 9.17) is 9.15 Å². The van der Waals surface area contributed by atoms with E-state index in [0.717, 1.165) is 41.3 Å². The number of rotatable bonds is 7. The van der Waals surface area contributed by atoms with Gasteiger partial charge in [0.15, 0.2) is 6.10 Å². The van der Waals surface area contributed by atoms with Gasteiger partial charge in [-0.15, -0.1) is 0 Å². The third-order valence-corrected chi connectivity index (χ3v) is 7.05. The average Bonchev–Trinajstić information content (AvgIpc) is 3.27. The van der Waals surface area contributed by atoms with Crippen LogP contribution in [0.2, 0.25) is 0 Å². The number of aliphatic carboxylic acids is 1. The highest BCUT2D eigenvalue weighted by Crippen LogP contribution is 2.33. The molecular formula is C28H28N2O7. The fourth-order valence-electron chi connectivity index (χ4n) is 5.04. The van der Waals surface area contributed by atoms with Gasteiger partial charge in [0.2, 0.25) is 0 Å². The van der Waals surface area contributed by atoms with Gasteiger partial charge in [-0.3, -0.25) is 4.79 Å². The second-order valence-electron chi connectivity index (χ2n) is 9.53. The predicted octanol–water partition coefficient (Wildman–Crippen LogP) is 3.75. The molecule has 2 aromatic carbocycles. The topological polar surface area (TPSA) is 142 Å². The zero-order chi connectivity index (χ0) is 26.3. The van der Waals surface area contributed by atoms with Crippen molar-refractivity contribution >= 4 is 33.7 Å². The van der Waals surface area contributed by atoms with Crippen LogP contribution in [0.5, 0.6) is 11.5 Å². The molecule has 2 atom stereocenters. The number of carboxylic acids is 1. The van der Waals surface area contributed by atoms with Crippen molar-refractivity contribution in [2.45, 2.75) is 58.1 Å². The number of aromatic hydroxyl groups is 1. The summed E-state index contributed by atoms with van der Waals surface area (Å²) in [5.74, 6) is -1.34. The molecule has 37 heavy (non-hydrogen) atoms. The second-order valence-corrected chi connectivity index (χ2v) is 9.53. The third-order valence-electron chi connectivity index (χ3n) is 7.05. The molecule has 0 spiro atoms. The lowest BCUT2D eigenvalue weighted by Gasteiger charge is -2.21. The van der Waals surface area contributed by atoms with Crippen LogP contribution in [0.15, 0.2) is 45.7 Å². The Labute approximate surface area is 212 Å². The minimum atomic E-state index is -1.21. The average molecular weight is 505 g/mol. The summed E-state index contributed by atoms with van der Waals surface area (Å²) < 4.78 is 11.5. The number of aryl methyl sites for hydroxylation is 2. The number of ether oxygens (including phenoxy) is 1. The molecule has 1 aliphatic rings. The summed E-state index contributed by atoms with van der Waals surface area (Å²) >= 11 is 0. The number of phenolic OH excluding ortho intramolecular Hbond substituents is 1. The molecule has 0 radical (unpaired) electrons. The number of benzene rings is 2. The summed E-state index contributed by atoms with van der Waals surface area (Å²) in [6.07, 6.45) is 4.20. The number of amides is 1. The van der Waals surface area contributed by atoms with Crippen molar-refractivity contribution < 1.29 is 29.0 Å². The van der Waals surface area contributed by atoms with E-state index >= 15 is 0 Å². The fourth-order valence-corrected chi connectivity index (χ4v) is 5.04. The molecule has 2 heterocycles. The summed E-state index contributed by atoms with van der Waals surface area (Å²) in [6, 6.07) is 7.17. The zero-order valence-electron chi connectivity index (χ0n) is 20.6. The van der Waals surface area contributed by atoms with E-state index in [-0.39, 0.29) is 17.8 Å². The summed E-state index contributed by atoms with van der Waals surface area (Å²) in [5, 5.41) is 23.7. The van der Waals surface area contributed by atoms with E-state index in [9.17, 15) is 24.6 Å². The highest BCUT2D eigenvalue weighted by molar-refractivity contribution is 5.89. The SMILES string of the molecule is Cc1c(O[C@@H](C)C(=O)N[C@H](Cc2c[nH]c3ccc(O)cc23)C(=O)O)ccc2c3c(c(=O)oc12)CCCC3. The largest absolute Gasteiger partial charge is 0.508 e. The van der Waals surface area contributed by atoms with E-state index < -0.39 is 24.0 Å². The Hall–Kier alpha value is -4.27. The summed E-state index contributed by atoms with van der Waals surface area (Å²) in [6.45, 7) is 3.30. The van der Waals surface area contributed by atoms with Crippen molar-refractivity contribution in [2.24, 2.45) is 0 Å².